The average molecular weight is 412 g/mol. The number of aromatic nitrogens is 1. The number of ether oxygens (including phenoxy) is 1. The molecule has 0 aliphatic carbocycles. The lowest BCUT2D eigenvalue weighted by molar-refractivity contribution is 0.0457. The first kappa shape index (κ1) is 18.0. The lowest BCUT2D eigenvalue weighted by atomic mass is 10.2. The molecule has 0 amide bonds. The zero-order valence-electron chi connectivity index (χ0n) is 14.0. The summed E-state index contributed by atoms with van der Waals surface area (Å²) in [6, 6.07) is 24.3. The number of halogens is 1. The van der Waals surface area contributed by atoms with Gasteiger partial charge in [0.15, 0.2) is 9.78 Å². The van der Waals surface area contributed by atoms with Crippen LogP contribution in [0.15, 0.2) is 83.2 Å². The summed E-state index contributed by atoms with van der Waals surface area (Å²) < 4.78 is 7.77. The van der Waals surface area contributed by atoms with Crippen LogP contribution >= 0.6 is 34.7 Å². The van der Waals surface area contributed by atoms with E-state index in [1.54, 1.807) is 35.6 Å². The summed E-state index contributed by atoms with van der Waals surface area (Å²) in [5.41, 5.74) is 1.82. The van der Waals surface area contributed by atoms with Crippen molar-refractivity contribution in [2.45, 2.75) is 9.78 Å². The molecular weight excluding hydrogens is 398 g/mol. The van der Waals surface area contributed by atoms with Gasteiger partial charge in [-0.15, -0.1) is 11.3 Å². The van der Waals surface area contributed by atoms with Crippen LogP contribution in [0.4, 0.5) is 0 Å². The highest BCUT2D eigenvalue weighted by molar-refractivity contribution is 8.01. The van der Waals surface area contributed by atoms with E-state index in [4.69, 9.17) is 16.3 Å². The Kier molecular flexibility index (Phi) is 5.43. The molecule has 0 aliphatic rings. The van der Waals surface area contributed by atoms with Gasteiger partial charge in [0.05, 0.1) is 15.8 Å². The van der Waals surface area contributed by atoms with E-state index in [2.05, 4.69) is 4.98 Å². The van der Waals surface area contributed by atoms with Crippen LogP contribution in [0.1, 0.15) is 21.4 Å². The maximum atomic E-state index is 12.6. The largest absolute Gasteiger partial charge is 0.442 e. The molecule has 4 aromatic rings. The van der Waals surface area contributed by atoms with Crippen molar-refractivity contribution in [3.8, 4) is 0 Å². The number of hydrogen-bond acceptors (Lipinski definition) is 5. The Morgan fingerprint density at radius 2 is 1.67 bits per heavy atom. The van der Waals surface area contributed by atoms with E-state index in [0.29, 0.717) is 10.6 Å². The van der Waals surface area contributed by atoms with Gasteiger partial charge < -0.3 is 4.74 Å². The van der Waals surface area contributed by atoms with Crippen LogP contribution in [-0.2, 0) is 4.74 Å². The van der Waals surface area contributed by atoms with Gasteiger partial charge in [0.2, 0.25) is 0 Å². The lowest BCUT2D eigenvalue weighted by Gasteiger charge is -2.16. The Morgan fingerprint density at radius 3 is 2.41 bits per heavy atom. The smallest absolute Gasteiger partial charge is 0.339 e. The molecule has 1 atom stereocenters. The second-order valence-corrected chi connectivity index (χ2v) is 8.50. The summed E-state index contributed by atoms with van der Waals surface area (Å²) in [6.07, 6.45) is 0. The van der Waals surface area contributed by atoms with Crippen molar-refractivity contribution in [1.82, 2.24) is 4.98 Å². The minimum atomic E-state index is -0.491. The van der Waals surface area contributed by atoms with Crippen LogP contribution < -0.4 is 0 Å². The van der Waals surface area contributed by atoms with Crippen LogP contribution in [0.3, 0.4) is 0 Å². The molecule has 1 aromatic heterocycles. The van der Waals surface area contributed by atoms with Crippen molar-refractivity contribution in [3.05, 3.63) is 95.0 Å². The zero-order valence-corrected chi connectivity index (χ0v) is 16.4. The minimum Gasteiger partial charge on any atom is -0.442 e. The first-order chi connectivity index (χ1) is 13.2. The number of nitrogens with zero attached hydrogens (tertiary/aromatic N) is 1. The summed E-state index contributed by atoms with van der Waals surface area (Å²) in [4.78, 5) is 17.2. The predicted molar refractivity (Wildman–Crippen MR) is 112 cm³/mol. The van der Waals surface area contributed by atoms with Gasteiger partial charge in [-0.25, -0.2) is 9.78 Å². The first-order valence-electron chi connectivity index (χ1n) is 8.23. The molecule has 1 heterocycles. The Morgan fingerprint density at radius 1 is 0.963 bits per heavy atom. The molecule has 3 nitrogen and oxygen atoms in total. The highest BCUT2D eigenvalue weighted by atomic mass is 35.5. The van der Waals surface area contributed by atoms with Gasteiger partial charge in [-0.05, 0) is 48.2 Å². The Hall–Kier alpha value is -2.34. The molecule has 0 unspecified atom stereocenters. The molecule has 0 saturated heterocycles. The number of carbonyl (C=O) groups is 1. The van der Waals surface area contributed by atoms with Crippen molar-refractivity contribution in [1.29, 1.82) is 0 Å². The highest BCUT2D eigenvalue weighted by Gasteiger charge is 2.21. The third kappa shape index (κ3) is 4.33. The van der Waals surface area contributed by atoms with Crippen molar-refractivity contribution in [2.75, 3.05) is 0 Å². The first-order valence-corrected chi connectivity index (χ1v) is 10.3. The Bertz CT molecular complexity index is 1030. The summed E-state index contributed by atoms with van der Waals surface area (Å²) in [6.45, 7) is 0. The highest BCUT2D eigenvalue weighted by Crippen LogP contribution is 2.40. The van der Waals surface area contributed by atoms with Gasteiger partial charge in [-0.3, -0.25) is 0 Å². The second-order valence-electron chi connectivity index (χ2n) is 5.72. The SMILES string of the molecule is O=C(O[C@@H](Sc1nc2ccccc2s1)c1ccccc1)c1ccc(Cl)cc1. The molecule has 27 heavy (non-hydrogen) atoms. The van der Waals surface area contributed by atoms with Crippen LogP contribution in [0.2, 0.25) is 5.02 Å². The van der Waals surface area contributed by atoms with Crippen molar-refractivity contribution < 1.29 is 9.53 Å². The predicted octanol–water partition coefficient (Wildman–Crippen LogP) is 6.60. The monoisotopic (exact) mass is 411 g/mol. The third-order valence-corrected chi connectivity index (χ3v) is 6.34. The number of thioether (sulfide) groups is 1. The number of fused-ring (bicyclic) bond motifs is 1. The fourth-order valence-electron chi connectivity index (χ4n) is 2.51. The second kappa shape index (κ2) is 8.13. The van der Waals surface area contributed by atoms with E-state index in [9.17, 15) is 4.79 Å². The van der Waals surface area contributed by atoms with Gasteiger partial charge in [0, 0.05) is 10.6 Å². The molecule has 0 N–H and O–H groups in total. The number of thiazole rings is 1. The molecule has 0 bridgehead atoms. The topological polar surface area (TPSA) is 39.2 Å². The standard InChI is InChI=1S/C21H14ClNO2S2/c22-16-12-10-14(11-13-16)19(24)25-20(15-6-2-1-3-7-15)27-21-23-17-8-4-5-9-18(17)26-21/h1-13,20H/t20-/m0/s1. The molecule has 0 radical (unpaired) electrons. The average Bonchev–Trinajstić information content (AvgIpc) is 3.11. The Balaban J connectivity index is 1.60. The summed E-state index contributed by atoms with van der Waals surface area (Å²) in [7, 11) is 0. The van der Waals surface area contributed by atoms with Crippen LogP contribution in [0.5, 0.6) is 0 Å². The van der Waals surface area contributed by atoms with Gasteiger partial charge >= 0.3 is 5.97 Å². The van der Waals surface area contributed by atoms with E-state index >= 15 is 0 Å². The molecule has 0 aliphatic heterocycles. The fraction of sp³-hybridized carbons (Fsp3) is 0.0476. The van der Waals surface area contributed by atoms with Gasteiger partial charge in [-0.2, -0.15) is 0 Å². The maximum Gasteiger partial charge on any atom is 0.339 e. The minimum absolute atomic E-state index is 0.394. The number of hydrogen-bond donors (Lipinski definition) is 0. The molecule has 0 saturated carbocycles. The van der Waals surface area contributed by atoms with Crippen molar-refractivity contribution in [2.24, 2.45) is 0 Å². The lowest BCUT2D eigenvalue weighted by Crippen LogP contribution is -2.09. The van der Waals surface area contributed by atoms with Gasteiger partial charge in [-0.1, -0.05) is 54.1 Å². The van der Waals surface area contributed by atoms with Crippen LogP contribution in [-0.4, -0.2) is 11.0 Å². The summed E-state index contributed by atoms with van der Waals surface area (Å²) >= 11 is 8.92. The normalized spacial score (nSPS) is 12.0. The molecule has 3 aromatic carbocycles. The third-order valence-electron chi connectivity index (χ3n) is 3.85. The number of rotatable bonds is 5. The molecule has 0 fully saturated rings. The van der Waals surface area contributed by atoms with E-state index < -0.39 is 11.4 Å². The maximum absolute atomic E-state index is 12.6. The van der Waals surface area contributed by atoms with E-state index in [0.717, 1.165) is 20.1 Å². The summed E-state index contributed by atoms with van der Waals surface area (Å²) in [5.74, 6) is -0.394. The quantitative estimate of drug-likeness (QED) is 0.211. The van der Waals surface area contributed by atoms with Gasteiger partial charge in [0.1, 0.15) is 0 Å². The van der Waals surface area contributed by atoms with Crippen molar-refractivity contribution >= 4 is 50.9 Å². The fourth-order valence-corrected chi connectivity index (χ4v) is 4.82. The van der Waals surface area contributed by atoms with E-state index in [1.807, 2.05) is 54.6 Å². The molecule has 0 spiro atoms. The number of benzene rings is 3. The van der Waals surface area contributed by atoms with E-state index in [1.165, 1.54) is 11.8 Å². The number of carbonyl (C=O) groups excluding carboxylic acids is 1. The molecular formula is C21H14ClNO2S2. The number of para-hydroxylation sites is 1. The zero-order chi connectivity index (χ0) is 18.6. The summed E-state index contributed by atoms with van der Waals surface area (Å²) in [5, 5.41) is 0.579. The molecule has 134 valence electrons. The Labute approximate surface area is 170 Å². The van der Waals surface area contributed by atoms with Crippen LogP contribution in [0, 0.1) is 0 Å². The van der Waals surface area contributed by atoms with Gasteiger partial charge in [0.25, 0.3) is 0 Å². The van der Waals surface area contributed by atoms with Crippen molar-refractivity contribution in [3.63, 3.8) is 0 Å². The molecule has 4 rings (SSSR count). The van der Waals surface area contributed by atoms with Crippen LogP contribution in [0.25, 0.3) is 10.2 Å². The van der Waals surface area contributed by atoms with E-state index in [-0.39, 0.29) is 0 Å². The molecule has 6 heteroatoms. The number of esters is 1.